The summed E-state index contributed by atoms with van der Waals surface area (Å²) in [5, 5.41) is 14.1. The molecule has 1 amide bonds. The first kappa shape index (κ1) is 11.5. The minimum absolute atomic E-state index is 0.125. The van der Waals surface area contributed by atoms with E-state index in [-0.39, 0.29) is 19.0 Å². The van der Waals surface area contributed by atoms with E-state index in [0.717, 1.165) is 0 Å². The molecule has 5 heteroatoms. The fourth-order valence-electron chi connectivity index (χ4n) is 1.20. The van der Waals surface area contributed by atoms with Gasteiger partial charge in [-0.05, 0) is 12.8 Å². The van der Waals surface area contributed by atoms with Crippen LogP contribution in [0.2, 0.25) is 0 Å². The lowest BCUT2D eigenvalue weighted by atomic mass is 10.1. The second kappa shape index (κ2) is 4.80. The van der Waals surface area contributed by atoms with Crippen molar-refractivity contribution in [3.63, 3.8) is 0 Å². The van der Waals surface area contributed by atoms with E-state index >= 15 is 0 Å². The van der Waals surface area contributed by atoms with E-state index in [1.54, 1.807) is 0 Å². The zero-order valence-corrected chi connectivity index (χ0v) is 8.38. The predicted octanol–water partition coefficient (Wildman–Crippen LogP) is -0.810. The third kappa shape index (κ3) is 3.26. The Kier molecular flexibility index (Phi) is 3.69. The number of hydrogen-bond acceptors (Lipinski definition) is 3. The van der Waals surface area contributed by atoms with Crippen LogP contribution in [-0.4, -0.2) is 36.6 Å². The minimum atomic E-state index is -0.834. The molecule has 0 heterocycles. The molecule has 3 N–H and O–H groups in total. The van der Waals surface area contributed by atoms with E-state index in [1.807, 2.05) is 0 Å². The lowest BCUT2D eigenvalue weighted by Crippen LogP contribution is -2.39. The molecule has 15 heavy (non-hydrogen) atoms. The van der Waals surface area contributed by atoms with E-state index in [1.165, 1.54) is 0 Å². The number of amides is 1. The van der Waals surface area contributed by atoms with Gasteiger partial charge in [-0.15, -0.1) is 6.42 Å². The standard InChI is InChI=1S/C10H14N2O3/c1-2-5-11-6-8(13)12-7-10(3-4-10)9(14)15/h1,11H,3-7H2,(H,12,13)(H,14,15). The van der Waals surface area contributed by atoms with Crippen LogP contribution < -0.4 is 10.6 Å². The first-order valence-corrected chi connectivity index (χ1v) is 4.75. The third-order valence-corrected chi connectivity index (χ3v) is 2.44. The van der Waals surface area contributed by atoms with Crippen molar-refractivity contribution in [2.24, 2.45) is 5.41 Å². The van der Waals surface area contributed by atoms with Crippen LogP contribution >= 0.6 is 0 Å². The molecule has 0 aromatic heterocycles. The molecule has 1 fully saturated rings. The Morgan fingerprint density at radius 3 is 2.60 bits per heavy atom. The largest absolute Gasteiger partial charge is 0.481 e. The van der Waals surface area contributed by atoms with Gasteiger partial charge in [0.25, 0.3) is 0 Å². The quantitative estimate of drug-likeness (QED) is 0.396. The topological polar surface area (TPSA) is 78.4 Å². The average Bonchev–Trinajstić information content (AvgIpc) is 2.96. The molecule has 5 nitrogen and oxygen atoms in total. The van der Waals surface area contributed by atoms with Gasteiger partial charge in [0.1, 0.15) is 0 Å². The lowest BCUT2D eigenvalue weighted by Gasteiger charge is -2.10. The first-order valence-electron chi connectivity index (χ1n) is 4.75. The molecule has 0 spiro atoms. The molecule has 0 saturated heterocycles. The van der Waals surface area contributed by atoms with Crippen LogP contribution in [0.15, 0.2) is 0 Å². The number of terminal acetylenes is 1. The van der Waals surface area contributed by atoms with Crippen molar-refractivity contribution in [3.05, 3.63) is 0 Å². The van der Waals surface area contributed by atoms with Crippen LogP contribution in [-0.2, 0) is 9.59 Å². The highest BCUT2D eigenvalue weighted by Gasteiger charge is 2.50. The van der Waals surface area contributed by atoms with Crippen molar-refractivity contribution in [2.75, 3.05) is 19.6 Å². The molecule has 0 atom stereocenters. The number of aliphatic carboxylic acids is 1. The summed E-state index contributed by atoms with van der Waals surface area (Å²) in [4.78, 5) is 21.9. The molecule has 82 valence electrons. The first-order chi connectivity index (χ1) is 7.10. The molecule has 1 saturated carbocycles. The summed E-state index contributed by atoms with van der Waals surface area (Å²) in [7, 11) is 0. The highest BCUT2D eigenvalue weighted by Crippen LogP contribution is 2.45. The summed E-state index contributed by atoms with van der Waals surface area (Å²) in [6.07, 6.45) is 6.26. The molecular formula is C10H14N2O3. The Balaban J connectivity index is 2.18. The maximum absolute atomic E-state index is 11.2. The fraction of sp³-hybridized carbons (Fsp3) is 0.600. The van der Waals surface area contributed by atoms with Crippen LogP contribution in [0.3, 0.4) is 0 Å². The van der Waals surface area contributed by atoms with Gasteiger partial charge in [0.2, 0.25) is 5.91 Å². The van der Waals surface area contributed by atoms with Crippen LogP contribution in [0.1, 0.15) is 12.8 Å². The molecule has 0 aromatic carbocycles. The third-order valence-electron chi connectivity index (χ3n) is 2.44. The number of nitrogens with one attached hydrogen (secondary N) is 2. The van der Waals surface area contributed by atoms with Gasteiger partial charge in [-0.2, -0.15) is 0 Å². The number of carbonyl (C=O) groups excluding carboxylic acids is 1. The van der Waals surface area contributed by atoms with Gasteiger partial charge in [-0.1, -0.05) is 5.92 Å². The molecular weight excluding hydrogens is 196 g/mol. The summed E-state index contributed by atoms with van der Waals surface area (Å²) in [6.45, 7) is 0.663. The van der Waals surface area contributed by atoms with E-state index < -0.39 is 11.4 Å². The summed E-state index contributed by atoms with van der Waals surface area (Å²) in [6, 6.07) is 0. The summed E-state index contributed by atoms with van der Waals surface area (Å²) >= 11 is 0. The number of hydrogen-bond donors (Lipinski definition) is 3. The zero-order chi connectivity index (χ0) is 11.3. The van der Waals surface area contributed by atoms with Gasteiger partial charge in [0.05, 0.1) is 18.5 Å². The van der Waals surface area contributed by atoms with Gasteiger partial charge in [-0.3, -0.25) is 14.9 Å². The van der Waals surface area contributed by atoms with Crippen LogP contribution in [0.25, 0.3) is 0 Å². The van der Waals surface area contributed by atoms with Gasteiger partial charge >= 0.3 is 5.97 Å². The van der Waals surface area contributed by atoms with Crippen LogP contribution in [0, 0.1) is 17.8 Å². The molecule has 0 unspecified atom stereocenters. The lowest BCUT2D eigenvalue weighted by molar-refractivity contribution is -0.143. The number of carboxylic acid groups (broad SMARTS) is 1. The molecule has 0 bridgehead atoms. The average molecular weight is 210 g/mol. The van der Waals surface area contributed by atoms with Crippen LogP contribution in [0.4, 0.5) is 0 Å². The highest BCUT2D eigenvalue weighted by molar-refractivity contribution is 5.81. The van der Waals surface area contributed by atoms with Gasteiger partial charge in [0, 0.05) is 6.54 Å². The Morgan fingerprint density at radius 1 is 1.47 bits per heavy atom. The Labute approximate surface area is 88.2 Å². The molecule has 1 aliphatic carbocycles. The van der Waals surface area contributed by atoms with Crippen molar-refractivity contribution < 1.29 is 14.7 Å². The Bertz CT molecular complexity index is 302. The predicted molar refractivity (Wildman–Crippen MR) is 54.0 cm³/mol. The van der Waals surface area contributed by atoms with E-state index in [4.69, 9.17) is 11.5 Å². The van der Waals surface area contributed by atoms with Crippen molar-refractivity contribution in [1.29, 1.82) is 0 Å². The SMILES string of the molecule is C#CCNCC(=O)NCC1(C(=O)O)CC1. The minimum Gasteiger partial charge on any atom is -0.481 e. The highest BCUT2D eigenvalue weighted by atomic mass is 16.4. The van der Waals surface area contributed by atoms with Crippen molar-refractivity contribution in [2.45, 2.75) is 12.8 Å². The smallest absolute Gasteiger partial charge is 0.311 e. The zero-order valence-electron chi connectivity index (χ0n) is 8.38. The van der Waals surface area contributed by atoms with Crippen molar-refractivity contribution in [1.82, 2.24) is 10.6 Å². The molecule has 0 aliphatic heterocycles. The maximum atomic E-state index is 11.2. The second-order valence-corrected chi connectivity index (χ2v) is 3.67. The summed E-state index contributed by atoms with van der Waals surface area (Å²) in [5.74, 6) is 1.28. The normalized spacial score (nSPS) is 16.5. The fourth-order valence-corrected chi connectivity index (χ4v) is 1.20. The Hall–Kier alpha value is -1.54. The van der Waals surface area contributed by atoms with Crippen molar-refractivity contribution >= 4 is 11.9 Å². The monoisotopic (exact) mass is 210 g/mol. The van der Waals surface area contributed by atoms with E-state index in [2.05, 4.69) is 16.6 Å². The van der Waals surface area contributed by atoms with E-state index in [0.29, 0.717) is 19.4 Å². The molecule has 0 aromatic rings. The maximum Gasteiger partial charge on any atom is 0.311 e. The Morgan fingerprint density at radius 2 is 2.13 bits per heavy atom. The molecule has 1 aliphatic rings. The number of carboxylic acids is 1. The number of rotatable bonds is 6. The molecule has 1 rings (SSSR count). The van der Waals surface area contributed by atoms with Crippen LogP contribution in [0.5, 0.6) is 0 Å². The summed E-state index contributed by atoms with van der Waals surface area (Å²) < 4.78 is 0. The summed E-state index contributed by atoms with van der Waals surface area (Å²) in [5.41, 5.74) is -0.707. The van der Waals surface area contributed by atoms with E-state index in [9.17, 15) is 9.59 Å². The van der Waals surface area contributed by atoms with Crippen molar-refractivity contribution in [3.8, 4) is 12.3 Å². The van der Waals surface area contributed by atoms with Gasteiger partial charge < -0.3 is 10.4 Å². The van der Waals surface area contributed by atoms with Gasteiger partial charge in [0.15, 0.2) is 0 Å². The molecule has 0 radical (unpaired) electrons. The number of carbonyl (C=O) groups is 2. The second-order valence-electron chi connectivity index (χ2n) is 3.67. The van der Waals surface area contributed by atoms with Gasteiger partial charge in [-0.25, -0.2) is 0 Å².